The first-order valence-electron chi connectivity index (χ1n) is 6.49. The summed E-state index contributed by atoms with van der Waals surface area (Å²) in [4.78, 5) is 7.88. The summed E-state index contributed by atoms with van der Waals surface area (Å²) in [6.07, 6.45) is 0.892. The van der Waals surface area contributed by atoms with E-state index >= 15 is 0 Å². The van der Waals surface area contributed by atoms with Gasteiger partial charge in [0, 0.05) is 24.9 Å². The second-order valence-electron chi connectivity index (χ2n) is 4.81. The van der Waals surface area contributed by atoms with E-state index in [9.17, 15) is 0 Å². The summed E-state index contributed by atoms with van der Waals surface area (Å²) in [6.45, 7) is 2.01. The third-order valence-corrected chi connectivity index (χ3v) is 4.19. The van der Waals surface area contributed by atoms with Crippen molar-refractivity contribution in [2.45, 2.75) is 18.4 Å². The van der Waals surface area contributed by atoms with Gasteiger partial charge in [-0.3, -0.25) is 4.68 Å². The van der Waals surface area contributed by atoms with Crippen molar-refractivity contribution >= 4 is 28.5 Å². The summed E-state index contributed by atoms with van der Waals surface area (Å²) >= 11 is 1.79. The van der Waals surface area contributed by atoms with E-state index in [0.717, 1.165) is 40.4 Å². The number of benzene rings is 1. The van der Waals surface area contributed by atoms with Gasteiger partial charge in [-0.2, -0.15) is 5.10 Å². The van der Waals surface area contributed by atoms with E-state index in [1.165, 1.54) is 5.03 Å². The van der Waals surface area contributed by atoms with Gasteiger partial charge < -0.3 is 10.7 Å². The minimum absolute atomic E-state index is 0.757. The third kappa shape index (κ3) is 2.65. The van der Waals surface area contributed by atoms with Crippen LogP contribution < -0.4 is 5.73 Å². The van der Waals surface area contributed by atoms with Gasteiger partial charge in [0.1, 0.15) is 5.82 Å². The molecule has 0 saturated carbocycles. The van der Waals surface area contributed by atoms with E-state index < -0.39 is 0 Å². The largest absolute Gasteiger partial charge is 0.399 e. The number of nitrogen functional groups attached to an aromatic ring is 1. The molecule has 0 amide bonds. The SMILES string of the molecule is Cc1cc(SCCc2nc3ccc(N)cc3[nH]2)n(C)n1. The molecule has 0 atom stereocenters. The van der Waals surface area contributed by atoms with Crippen LogP contribution in [0.15, 0.2) is 29.3 Å². The molecule has 3 N–H and O–H groups in total. The average molecular weight is 287 g/mol. The van der Waals surface area contributed by atoms with Crippen molar-refractivity contribution in [2.75, 3.05) is 11.5 Å². The monoisotopic (exact) mass is 287 g/mol. The van der Waals surface area contributed by atoms with Crippen molar-refractivity contribution in [1.82, 2.24) is 19.7 Å². The predicted octanol–water partition coefficient (Wildman–Crippen LogP) is 2.52. The lowest BCUT2D eigenvalue weighted by atomic mass is 10.3. The van der Waals surface area contributed by atoms with Gasteiger partial charge in [0.2, 0.25) is 0 Å². The lowest BCUT2D eigenvalue weighted by Crippen LogP contribution is -1.95. The van der Waals surface area contributed by atoms with Crippen molar-refractivity contribution in [1.29, 1.82) is 0 Å². The molecule has 0 spiro atoms. The number of rotatable bonds is 4. The number of nitrogens with one attached hydrogen (secondary N) is 1. The molecule has 0 unspecified atom stereocenters. The molecule has 104 valence electrons. The Morgan fingerprint density at radius 2 is 2.20 bits per heavy atom. The van der Waals surface area contributed by atoms with Crippen LogP contribution in [0.4, 0.5) is 5.69 Å². The molecule has 5 nitrogen and oxygen atoms in total. The summed E-state index contributed by atoms with van der Waals surface area (Å²) in [5, 5.41) is 5.52. The number of H-pyrrole nitrogens is 1. The number of aryl methyl sites for hydroxylation is 3. The van der Waals surface area contributed by atoms with Crippen LogP contribution in [0.1, 0.15) is 11.5 Å². The molecule has 0 aliphatic carbocycles. The molecule has 3 aromatic rings. The Kier molecular flexibility index (Phi) is 3.40. The Balaban J connectivity index is 1.66. The smallest absolute Gasteiger partial charge is 0.108 e. The standard InChI is InChI=1S/C14H17N5S/c1-9-7-14(19(2)18-9)20-6-5-13-16-11-4-3-10(15)8-12(11)17-13/h3-4,7-8H,5-6,15H2,1-2H3,(H,16,17). The van der Waals surface area contributed by atoms with Crippen LogP contribution in [-0.4, -0.2) is 25.5 Å². The van der Waals surface area contributed by atoms with Gasteiger partial charge in [-0.1, -0.05) is 0 Å². The fourth-order valence-electron chi connectivity index (χ4n) is 2.17. The van der Waals surface area contributed by atoms with Crippen LogP contribution >= 0.6 is 11.8 Å². The second-order valence-corrected chi connectivity index (χ2v) is 5.92. The number of aromatic amines is 1. The summed E-state index contributed by atoms with van der Waals surface area (Å²) in [5.41, 5.74) is 9.54. The molecule has 20 heavy (non-hydrogen) atoms. The van der Waals surface area contributed by atoms with E-state index in [0.29, 0.717) is 0 Å². The zero-order valence-corrected chi connectivity index (χ0v) is 12.4. The van der Waals surface area contributed by atoms with E-state index in [1.54, 1.807) is 11.8 Å². The highest BCUT2D eigenvalue weighted by Crippen LogP contribution is 2.20. The van der Waals surface area contributed by atoms with Crippen LogP contribution in [0.3, 0.4) is 0 Å². The molecule has 0 bridgehead atoms. The predicted molar refractivity (Wildman–Crippen MR) is 82.9 cm³/mol. The first-order valence-corrected chi connectivity index (χ1v) is 7.48. The van der Waals surface area contributed by atoms with Crippen molar-refractivity contribution < 1.29 is 0 Å². The molecule has 0 aliphatic rings. The number of aromatic nitrogens is 4. The van der Waals surface area contributed by atoms with Crippen LogP contribution in [0.25, 0.3) is 11.0 Å². The number of imidazole rings is 1. The molecule has 1 aromatic carbocycles. The van der Waals surface area contributed by atoms with Gasteiger partial charge in [0.15, 0.2) is 0 Å². The maximum Gasteiger partial charge on any atom is 0.108 e. The fourth-order valence-corrected chi connectivity index (χ4v) is 3.16. The first kappa shape index (κ1) is 13.1. The lowest BCUT2D eigenvalue weighted by Gasteiger charge is -1.99. The van der Waals surface area contributed by atoms with Gasteiger partial charge in [0.05, 0.1) is 21.8 Å². The molecule has 3 rings (SSSR count). The topological polar surface area (TPSA) is 72.5 Å². The highest BCUT2D eigenvalue weighted by molar-refractivity contribution is 7.99. The maximum absolute atomic E-state index is 5.77. The molecule has 0 radical (unpaired) electrons. The first-order chi connectivity index (χ1) is 9.61. The fraction of sp³-hybridized carbons (Fsp3) is 0.286. The number of thioether (sulfide) groups is 1. The molecular weight excluding hydrogens is 270 g/mol. The maximum atomic E-state index is 5.77. The zero-order chi connectivity index (χ0) is 14.1. The number of fused-ring (bicyclic) bond motifs is 1. The van der Waals surface area contributed by atoms with E-state index in [-0.39, 0.29) is 0 Å². The third-order valence-electron chi connectivity index (χ3n) is 3.10. The van der Waals surface area contributed by atoms with Crippen molar-refractivity contribution in [2.24, 2.45) is 7.05 Å². The van der Waals surface area contributed by atoms with Gasteiger partial charge in [0.25, 0.3) is 0 Å². The highest BCUT2D eigenvalue weighted by Gasteiger charge is 2.06. The summed E-state index contributed by atoms with van der Waals surface area (Å²) in [7, 11) is 1.97. The minimum atomic E-state index is 0.757. The summed E-state index contributed by atoms with van der Waals surface area (Å²) in [6, 6.07) is 7.84. The number of hydrogen-bond acceptors (Lipinski definition) is 4. The normalized spacial score (nSPS) is 11.3. The summed E-state index contributed by atoms with van der Waals surface area (Å²) < 4.78 is 1.92. The van der Waals surface area contributed by atoms with Crippen LogP contribution in [0.5, 0.6) is 0 Å². The van der Waals surface area contributed by atoms with Gasteiger partial charge in [-0.15, -0.1) is 11.8 Å². The average Bonchev–Trinajstić information content (AvgIpc) is 2.92. The quantitative estimate of drug-likeness (QED) is 0.571. The lowest BCUT2D eigenvalue weighted by molar-refractivity contribution is 0.692. The Hall–Kier alpha value is -1.95. The summed E-state index contributed by atoms with van der Waals surface area (Å²) in [5.74, 6) is 1.96. The molecule has 0 fully saturated rings. The van der Waals surface area contributed by atoms with E-state index in [2.05, 4.69) is 21.1 Å². The second kappa shape index (κ2) is 5.20. The van der Waals surface area contributed by atoms with Crippen molar-refractivity contribution in [3.63, 3.8) is 0 Å². The molecule has 0 saturated heterocycles. The number of nitrogens with two attached hydrogens (primary N) is 1. The van der Waals surface area contributed by atoms with Crippen molar-refractivity contribution in [3.8, 4) is 0 Å². The van der Waals surface area contributed by atoms with Crippen LogP contribution in [0, 0.1) is 6.92 Å². The minimum Gasteiger partial charge on any atom is -0.399 e. The van der Waals surface area contributed by atoms with Crippen LogP contribution in [0.2, 0.25) is 0 Å². The Labute approximate surface area is 121 Å². The Morgan fingerprint density at radius 1 is 1.35 bits per heavy atom. The van der Waals surface area contributed by atoms with Crippen LogP contribution in [-0.2, 0) is 13.5 Å². The van der Waals surface area contributed by atoms with E-state index in [4.69, 9.17) is 5.73 Å². The molecule has 2 aromatic heterocycles. The van der Waals surface area contributed by atoms with E-state index in [1.807, 2.05) is 36.9 Å². The number of anilines is 1. The molecular formula is C14H17N5S. The zero-order valence-electron chi connectivity index (χ0n) is 11.6. The highest BCUT2D eigenvalue weighted by atomic mass is 32.2. The molecule has 2 heterocycles. The van der Waals surface area contributed by atoms with Gasteiger partial charge in [-0.05, 0) is 31.2 Å². The number of nitrogens with zero attached hydrogens (tertiary/aromatic N) is 3. The van der Waals surface area contributed by atoms with Crippen molar-refractivity contribution in [3.05, 3.63) is 35.8 Å². The Morgan fingerprint density at radius 3 is 2.95 bits per heavy atom. The number of hydrogen-bond donors (Lipinski definition) is 2. The Bertz CT molecular complexity index is 743. The molecule has 6 heteroatoms. The molecule has 0 aliphatic heterocycles. The van der Waals surface area contributed by atoms with Gasteiger partial charge in [-0.25, -0.2) is 4.98 Å². The van der Waals surface area contributed by atoms with Gasteiger partial charge >= 0.3 is 0 Å².